The van der Waals surface area contributed by atoms with Crippen LogP contribution in [-0.4, -0.2) is 21.0 Å². The zero-order valence-corrected chi connectivity index (χ0v) is 14.7. The molecule has 3 rings (SSSR count). The Bertz CT molecular complexity index is 743. The second kappa shape index (κ2) is 7.16. The number of hydrogen-bond donors (Lipinski definition) is 2. The van der Waals surface area contributed by atoms with Gasteiger partial charge in [0.1, 0.15) is 11.6 Å². The van der Waals surface area contributed by atoms with Crippen molar-refractivity contribution in [1.82, 2.24) is 15.0 Å². The SMILES string of the molecule is CCC1CCC(Nc2ccc(-c3nc(C)c(C)c(=O)[nH]3)cn2)CC1. The van der Waals surface area contributed by atoms with Crippen LogP contribution >= 0.6 is 0 Å². The van der Waals surface area contributed by atoms with E-state index in [4.69, 9.17) is 0 Å². The van der Waals surface area contributed by atoms with Crippen LogP contribution in [-0.2, 0) is 0 Å². The van der Waals surface area contributed by atoms with E-state index in [0.29, 0.717) is 17.4 Å². The van der Waals surface area contributed by atoms with Crippen molar-refractivity contribution in [2.75, 3.05) is 5.32 Å². The van der Waals surface area contributed by atoms with Crippen LogP contribution in [0.1, 0.15) is 50.3 Å². The quantitative estimate of drug-likeness (QED) is 0.896. The number of aromatic amines is 1. The van der Waals surface area contributed by atoms with Crippen LogP contribution in [0.2, 0.25) is 0 Å². The van der Waals surface area contributed by atoms with Gasteiger partial charge in [0.2, 0.25) is 0 Å². The van der Waals surface area contributed by atoms with E-state index in [-0.39, 0.29) is 5.56 Å². The first-order chi connectivity index (χ1) is 11.6. The molecule has 1 aliphatic rings. The predicted molar refractivity (Wildman–Crippen MR) is 97.2 cm³/mol. The van der Waals surface area contributed by atoms with Crippen molar-refractivity contribution in [2.24, 2.45) is 5.92 Å². The second-order valence-corrected chi connectivity index (χ2v) is 6.83. The summed E-state index contributed by atoms with van der Waals surface area (Å²) in [6.07, 6.45) is 8.11. The van der Waals surface area contributed by atoms with Crippen molar-refractivity contribution in [3.63, 3.8) is 0 Å². The van der Waals surface area contributed by atoms with Gasteiger partial charge in [-0.15, -0.1) is 0 Å². The Morgan fingerprint density at radius 1 is 1.21 bits per heavy atom. The highest BCUT2D eigenvalue weighted by molar-refractivity contribution is 5.56. The molecule has 0 aliphatic heterocycles. The van der Waals surface area contributed by atoms with E-state index >= 15 is 0 Å². The molecule has 0 saturated heterocycles. The highest BCUT2D eigenvalue weighted by atomic mass is 16.1. The van der Waals surface area contributed by atoms with E-state index in [0.717, 1.165) is 23.0 Å². The van der Waals surface area contributed by atoms with Crippen LogP contribution in [0.25, 0.3) is 11.4 Å². The molecule has 0 atom stereocenters. The molecule has 24 heavy (non-hydrogen) atoms. The van der Waals surface area contributed by atoms with Gasteiger partial charge < -0.3 is 10.3 Å². The molecule has 0 aromatic carbocycles. The third-order valence-corrected chi connectivity index (χ3v) is 5.21. The molecule has 0 spiro atoms. The average molecular weight is 326 g/mol. The Morgan fingerprint density at radius 2 is 1.96 bits per heavy atom. The minimum absolute atomic E-state index is 0.0904. The summed E-state index contributed by atoms with van der Waals surface area (Å²) in [7, 11) is 0. The summed E-state index contributed by atoms with van der Waals surface area (Å²) < 4.78 is 0. The Labute approximate surface area is 143 Å². The number of pyridine rings is 1. The van der Waals surface area contributed by atoms with Gasteiger partial charge in [-0.05, 0) is 57.6 Å². The third kappa shape index (κ3) is 3.66. The summed E-state index contributed by atoms with van der Waals surface area (Å²) in [6.45, 7) is 5.91. The van der Waals surface area contributed by atoms with Gasteiger partial charge in [0.05, 0.1) is 0 Å². The first-order valence-corrected chi connectivity index (χ1v) is 8.87. The van der Waals surface area contributed by atoms with Crippen LogP contribution < -0.4 is 10.9 Å². The van der Waals surface area contributed by atoms with Crippen LogP contribution in [0.5, 0.6) is 0 Å². The summed E-state index contributed by atoms with van der Waals surface area (Å²) in [5, 5.41) is 3.53. The minimum Gasteiger partial charge on any atom is -0.367 e. The molecule has 2 aromatic rings. The minimum atomic E-state index is -0.0904. The Morgan fingerprint density at radius 3 is 2.54 bits per heavy atom. The number of nitrogens with zero attached hydrogens (tertiary/aromatic N) is 2. The topological polar surface area (TPSA) is 70.7 Å². The van der Waals surface area contributed by atoms with Gasteiger partial charge in [0, 0.05) is 29.1 Å². The maximum Gasteiger partial charge on any atom is 0.254 e. The highest BCUT2D eigenvalue weighted by Crippen LogP contribution is 2.28. The number of aromatic nitrogens is 3. The van der Waals surface area contributed by atoms with Crippen molar-refractivity contribution in [2.45, 2.75) is 58.9 Å². The smallest absolute Gasteiger partial charge is 0.254 e. The van der Waals surface area contributed by atoms with Crippen molar-refractivity contribution >= 4 is 5.82 Å². The number of nitrogens with one attached hydrogen (secondary N) is 2. The lowest BCUT2D eigenvalue weighted by Crippen LogP contribution is -2.26. The van der Waals surface area contributed by atoms with Crippen molar-refractivity contribution in [3.8, 4) is 11.4 Å². The molecule has 5 heteroatoms. The van der Waals surface area contributed by atoms with Crippen LogP contribution in [0.3, 0.4) is 0 Å². The summed E-state index contributed by atoms with van der Waals surface area (Å²) >= 11 is 0. The molecule has 128 valence electrons. The summed E-state index contributed by atoms with van der Waals surface area (Å²) in [6, 6.07) is 4.45. The molecular formula is C19H26N4O. The fourth-order valence-corrected chi connectivity index (χ4v) is 3.33. The van der Waals surface area contributed by atoms with Crippen molar-refractivity contribution < 1.29 is 0 Å². The molecule has 5 nitrogen and oxygen atoms in total. The summed E-state index contributed by atoms with van der Waals surface area (Å²) in [5.41, 5.74) is 2.15. The standard InChI is InChI=1S/C19H26N4O/c1-4-14-5-8-16(9-6-14)22-17-10-7-15(11-20-17)18-21-13(3)12(2)19(24)23-18/h7,10-11,14,16H,4-6,8-9H2,1-3H3,(H,20,22)(H,21,23,24). The molecule has 0 unspecified atom stereocenters. The molecule has 1 fully saturated rings. The number of hydrogen-bond acceptors (Lipinski definition) is 4. The molecule has 0 radical (unpaired) electrons. The van der Waals surface area contributed by atoms with Gasteiger partial charge >= 0.3 is 0 Å². The van der Waals surface area contributed by atoms with E-state index < -0.39 is 0 Å². The number of aryl methyl sites for hydroxylation is 1. The highest BCUT2D eigenvalue weighted by Gasteiger charge is 2.20. The summed E-state index contributed by atoms with van der Waals surface area (Å²) in [5.74, 6) is 2.36. The normalized spacial score (nSPS) is 20.8. The van der Waals surface area contributed by atoms with Crippen LogP contribution in [0.4, 0.5) is 5.82 Å². The van der Waals surface area contributed by atoms with Crippen molar-refractivity contribution in [1.29, 1.82) is 0 Å². The van der Waals surface area contributed by atoms with Gasteiger partial charge in [-0.1, -0.05) is 13.3 Å². The van der Waals surface area contributed by atoms with E-state index in [9.17, 15) is 4.79 Å². The van der Waals surface area contributed by atoms with Crippen molar-refractivity contribution in [3.05, 3.63) is 39.9 Å². The lowest BCUT2D eigenvalue weighted by molar-refractivity contribution is 0.330. The molecule has 2 N–H and O–H groups in total. The van der Waals surface area contributed by atoms with Gasteiger partial charge in [-0.3, -0.25) is 4.79 Å². The molecule has 2 aromatic heterocycles. The molecule has 1 aliphatic carbocycles. The predicted octanol–water partition coefficient (Wildman–Crippen LogP) is 3.83. The van der Waals surface area contributed by atoms with E-state index in [1.807, 2.05) is 19.1 Å². The zero-order chi connectivity index (χ0) is 17.1. The first kappa shape index (κ1) is 16.7. The van der Waals surface area contributed by atoms with Gasteiger partial charge in [-0.2, -0.15) is 0 Å². The fourth-order valence-electron chi connectivity index (χ4n) is 3.33. The van der Waals surface area contributed by atoms with E-state index in [2.05, 4.69) is 27.2 Å². The molecule has 2 heterocycles. The van der Waals surface area contributed by atoms with Crippen LogP contribution in [0, 0.1) is 19.8 Å². The third-order valence-electron chi connectivity index (χ3n) is 5.21. The van der Waals surface area contributed by atoms with Gasteiger partial charge in [-0.25, -0.2) is 9.97 Å². The molecule has 0 bridgehead atoms. The second-order valence-electron chi connectivity index (χ2n) is 6.83. The first-order valence-electron chi connectivity index (χ1n) is 8.87. The van der Waals surface area contributed by atoms with E-state index in [1.165, 1.54) is 32.1 Å². The number of anilines is 1. The number of H-pyrrole nitrogens is 1. The Hall–Kier alpha value is -2.17. The lowest BCUT2D eigenvalue weighted by atomic mass is 9.84. The molecular weight excluding hydrogens is 300 g/mol. The maximum atomic E-state index is 11.9. The summed E-state index contributed by atoms with van der Waals surface area (Å²) in [4.78, 5) is 23.7. The van der Waals surface area contributed by atoms with Crippen LogP contribution in [0.15, 0.2) is 23.1 Å². The lowest BCUT2D eigenvalue weighted by Gasteiger charge is -2.28. The monoisotopic (exact) mass is 326 g/mol. The Balaban J connectivity index is 1.69. The molecule has 1 saturated carbocycles. The largest absolute Gasteiger partial charge is 0.367 e. The maximum absolute atomic E-state index is 11.9. The van der Waals surface area contributed by atoms with Gasteiger partial charge in [0.15, 0.2) is 0 Å². The van der Waals surface area contributed by atoms with E-state index in [1.54, 1.807) is 13.1 Å². The Kier molecular flexibility index (Phi) is 4.97. The molecule has 0 amide bonds. The fraction of sp³-hybridized carbons (Fsp3) is 0.526. The van der Waals surface area contributed by atoms with Gasteiger partial charge in [0.25, 0.3) is 5.56 Å². The average Bonchev–Trinajstić information content (AvgIpc) is 2.60. The zero-order valence-electron chi connectivity index (χ0n) is 14.7. The number of rotatable bonds is 4.